The molecule has 12 heteroatoms. The summed E-state index contributed by atoms with van der Waals surface area (Å²) in [5, 5.41) is 9.29. The lowest BCUT2D eigenvalue weighted by Gasteiger charge is -2.27. The number of piperazine rings is 1. The van der Waals surface area contributed by atoms with E-state index in [1.54, 1.807) is 22.7 Å². The molecule has 2 amide bonds. The summed E-state index contributed by atoms with van der Waals surface area (Å²) in [4.78, 5) is 35.9. The minimum atomic E-state index is -1.07. The Kier molecular flexibility index (Phi) is 8.39. The second-order valence-corrected chi connectivity index (χ2v) is 9.54. The molecule has 1 fully saturated rings. The summed E-state index contributed by atoms with van der Waals surface area (Å²) in [6, 6.07) is 8.14. The highest BCUT2D eigenvalue weighted by molar-refractivity contribution is 5.96. The molecule has 0 spiro atoms. The smallest absolute Gasteiger partial charge is 0.251 e. The second-order valence-electron chi connectivity index (χ2n) is 9.54. The van der Waals surface area contributed by atoms with Crippen LogP contribution in [0, 0.1) is 11.6 Å². The number of rotatable bonds is 9. The van der Waals surface area contributed by atoms with Gasteiger partial charge < -0.3 is 25.6 Å². The van der Waals surface area contributed by atoms with Crippen LogP contribution in [0.25, 0.3) is 16.9 Å². The molecule has 5 rings (SSSR count). The molecule has 0 atom stereocenters. The second kappa shape index (κ2) is 12.3. The molecule has 3 heterocycles. The molecule has 10 nitrogen and oxygen atoms in total. The van der Waals surface area contributed by atoms with E-state index in [9.17, 15) is 18.4 Å². The topological polar surface area (TPSA) is 113 Å². The number of halogens is 2. The van der Waals surface area contributed by atoms with Crippen LogP contribution in [-0.2, 0) is 11.2 Å². The van der Waals surface area contributed by atoms with E-state index in [1.807, 2.05) is 17.9 Å². The zero-order valence-electron chi connectivity index (χ0n) is 22.8. The van der Waals surface area contributed by atoms with Crippen LogP contribution in [-0.4, -0.2) is 70.9 Å². The van der Waals surface area contributed by atoms with Crippen LogP contribution < -0.4 is 20.7 Å². The molecule has 0 aliphatic carbocycles. The summed E-state index contributed by atoms with van der Waals surface area (Å²) in [6.45, 7) is 5.14. The molecule has 2 aromatic heterocycles. The van der Waals surface area contributed by atoms with Gasteiger partial charge >= 0.3 is 0 Å². The van der Waals surface area contributed by atoms with Crippen molar-refractivity contribution < 1.29 is 23.1 Å². The third-order valence-electron chi connectivity index (χ3n) is 7.06. The Morgan fingerprint density at radius 1 is 1.10 bits per heavy atom. The van der Waals surface area contributed by atoms with Gasteiger partial charge in [-0.05, 0) is 42.3 Å². The highest BCUT2D eigenvalue weighted by Crippen LogP contribution is 2.31. The predicted octanol–water partition coefficient (Wildman–Crippen LogP) is 3.54. The van der Waals surface area contributed by atoms with E-state index in [0.29, 0.717) is 47.9 Å². The third kappa shape index (κ3) is 5.82. The number of hydrogen-bond acceptors (Lipinski definition) is 7. The molecular formula is C29H31F2N7O3. The average Bonchev–Trinajstić information content (AvgIpc) is 3.43. The highest BCUT2D eigenvalue weighted by Gasteiger charge is 2.20. The first-order chi connectivity index (χ1) is 19.9. The monoisotopic (exact) mass is 563 g/mol. The van der Waals surface area contributed by atoms with Gasteiger partial charge in [0, 0.05) is 68.4 Å². The molecular weight excluding hydrogens is 532 g/mol. The van der Waals surface area contributed by atoms with Crippen LogP contribution in [0.2, 0.25) is 0 Å². The van der Waals surface area contributed by atoms with Crippen LogP contribution in [0.4, 0.5) is 20.3 Å². The number of imidazole rings is 1. The number of ether oxygens (including phenoxy) is 1. The highest BCUT2D eigenvalue weighted by atomic mass is 19.2. The Morgan fingerprint density at radius 2 is 1.90 bits per heavy atom. The Balaban J connectivity index is 1.31. The lowest BCUT2D eigenvalue weighted by Crippen LogP contribution is -2.47. The van der Waals surface area contributed by atoms with Crippen molar-refractivity contribution in [3.63, 3.8) is 0 Å². The van der Waals surface area contributed by atoms with Crippen molar-refractivity contribution in [3.8, 4) is 17.0 Å². The zero-order valence-corrected chi connectivity index (χ0v) is 22.8. The molecule has 1 aliphatic rings. The van der Waals surface area contributed by atoms with E-state index in [0.717, 1.165) is 18.7 Å². The Morgan fingerprint density at radius 3 is 2.66 bits per heavy atom. The normalized spacial score (nSPS) is 13.3. The number of methoxy groups -OCH3 is 1. The first-order valence-corrected chi connectivity index (χ1v) is 13.4. The minimum Gasteiger partial charge on any atom is -0.494 e. The van der Waals surface area contributed by atoms with Crippen LogP contribution in [0.1, 0.15) is 29.3 Å². The number of aromatic nitrogens is 3. The quantitative estimate of drug-likeness (QED) is 0.286. The van der Waals surface area contributed by atoms with E-state index >= 15 is 0 Å². The Hall–Kier alpha value is -4.58. The number of carbonyl (C=O) groups excluding carboxylic acids is 2. The summed E-state index contributed by atoms with van der Waals surface area (Å²) >= 11 is 0. The van der Waals surface area contributed by atoms with Gasteiger partial charge in [-0.25, -0.2) is 14.4 Å². The molecule has 41 heavy (non-hydrogen) atoms. The van der Waals surface area contributed by atoms with Crippen LogP contribution >= 0.6 is 0 Å². The van der Waals surface area contributed by atoms with Gasteiger partial charge in [0.25, 0.3) is 5.91 Å². The van der Waals surface area contributed by atoms with Crippen molar-refractivity contribution in [2.45, 2.75) is 19.8 Å². The summed E-state index contributed by atoms with van der Waals surface area (Å²) in [6.07, 6.45) is 5.45. The minimum absolute atomic E-state index is 0.0331. The predicted molar refractivity (Wildman–Crippen MR) is 150 cm³/mol. The standard InChI is InChI=1S/C29H31F2N7O3/c1-3-18-16-19(4-5-20(18)29(40)34-9-8-24(39)37-13-10-32-11-14-37)36-27-28-35-17-22(38(28)15-12-33-27)21-6-7-23(41-2)26(31)25(21)30/h4-7,12,15-17,32H,3,8-11,13-14H2,1-2H3,(H,33,36)(H,34,40). The van der Waals surface area contributed by atoms with Crippen molar-refractivity contribution in [3.05, 3.63) is 71.7 Å². The Bertz CT molecular complexity index is 1580. The maximum absolute atomic E-state index is 14.8. The number of amides is 2. The lowest BCUT2D eigenvalue weighted by molar-refractivity contribution is -0.131. The van der Waals surface area contributed by atoms with Gasteiger partial charge in [0.1, 0.15) is 0 Å². The number of anilines is 2. The first kappa shape index (κ1) is 28.0. The SMILES string of the molecule is CCc1cc(Nc2nccn3c(-c4ccc(OC)c(F)c4F)cnc23)ccc1C(=O)NCCC(=O)N1CCNCC1. The van der Waals surface area contributed by atoms with Crippen molar-refractivity contribution in [2.24, 2.45) is 0 Å². The van der Waals surface area contributed by atoms with E-state index < -0.39 is 11.6 Å². The van der Waals surface area contributed by atoms with Gasteiger partial charge in [0.15, 0.2) is 23.0 Å². The molecule has 2 aromatic carbocycles. The van der Waals surface area contributed by atoms with Crippen molar-refractivity contribution in [1.82, 2.24) is 29.9 Å². The van der Waals surface area contributed by atoms with E-state index in [-0.39, 0.29) is 36.1 Å². The summed E-state index contributed by atoms with van der Waals surface area (Å²) in [5.41, 5.74) is 2.81. The maximum atomic E-state index is 14.8. The maximum Gasteiger partial charge on any atom is 0.251 e. The number of nitrogens with one attached hydrogen (secondary N) is 3. The molecule has 0 radical (unpaired) electrons. The fourth-order valence-electron chi connectivity index (χ4n) is 4.87. The zero-order chi connectivity index (χ0) is 28.9. The number of carbonyl (C=O) groups is 2. The van der Waals surface area contributed by atoms with Gasteiger partial charge in [0.05, 0.1) is 19.0 Å². The van der Waals surface area contributed by atoms with Crippen LogP contribution in [0.3, 0.4) is 0 Å². The fraction of sp³-hybridized carbons (Fsp3) is 0.310. The first-order valence-electron chi connectivity index (χ1n) is 13.4. The number of benzene rings is 2. The molecule has 4 aromatic rings. The van der Waals surface area contributed by atoms with E-state index in [2.05, 4.69) is 25.9 Å². The van der Waals surface area contributed by atoms with Crippen LogP contribution in [0.5, 0.6) is 5.75 Å². The van der Waals surface area contributed by atoms with Crippen molar-refractivity contribution in [2.75, 3.05) is 45.2 Å². The summed E-state index contributed by atoms with van der Waals surface area (Å²) in [7, 11) is 1.27. The fourth-order valence-corrected chi connectivity index (χ4v) is 4.87. The lowest BCUT2D eigenvalue weighted by atomic mass is 10.0. The van der Waals surface area contributed by atoms with Crippen molar-refractivity contribution in [1.29, 1.82) is 0 Å². The molecule has 0 unspecified atom stereocenters. The number of fused-ring (bicyclic) bond motifs is 1. The molecule has 214 valence electrons. The van der Waals surface area contributed by atoms with Gasteiger partial charge in [-0.2, -0.15) is 4.39 Å². The van der Waals surface area contributed by atoms with Gasteiger partial charge in [-0.15, -0.1) is 0 Å². The molecule has 1 saturated heterocycles. The van der Waals surface area contributed by atoms with Gasteiger partial charge in [-0.1, -0.05) is 6.92 Å². The number of aryl methyl sites for hydroxylation is 1. The van der Waals surface area contributed by atoms with Gasteiger partial charge in [-0.3, -0.25) is 14.0 Å². The van der Waals surface area contributed by atoms with E-state index in [4.69, 9.17) is 4.74 Å². The number of nitrogens with zero attached hydrogens (tertiary/aromatic N) is 4. The Labute approximate surface area is 235 Å². The summed E-state index contributed by atoms with van der Waals surface area (Å²) < 4.78 is 35.6. The van der Waals surface area contributed by atoms with Crippen LogP contribution in [0.15, 0.2) is 48.9 Å². The third-order valence-corrected chi connectivity index (χ3v) is 7.06. The van der Waals surface area contributed by atoms with Gasteiger partial charge in [0.2, 0.25) is 11.7 Å². The van der Waals surface area contributed by atoms with E-state index in [1.165, 1.54) is 31.6 Å². The molecule has 1 aliphatic heterocycles. The molecule has 0 saturated carbocycles. The largest absolute Gasteiger partial charge is 0.494 e. The molecule has 0 bridgehead atoms. The summed E-state index contributed by atoms with van der Waals surface area (Å²) in [5.74, 6) is -2.10. The number of hydrogen-bond donors (Lipinski definition) is 3. The molecule has 3 N–H and O–H groups in total. The van der Waals surface area contributed by atoms with Crippen molar-refractivity contribution >= 4 is 29.0 Å². The average molecular weight is 564 g/mol.